The standard InChI is InChI=1S/C31H28F5N7OS/c32-20-4-3-17(23-19(13-37)28(38)45-27(20)23)24-21(33)12-18-26(25(24)36)40-30(44-15-31-5-1-8-43(31)9-2-6-31)41-29(18)42-10-7-39-16(14-42)11-22(34)35/h3-4,11-12,16,39H,1-2,5-10,14-15,38H2. The minimum atomic E-state index is -1.85. The van der Waals surface area contributed by atoms with Crippen LogP contribution < -0.4 is 20.7 Å². The molecule has 7 rings (SSSR count). The van der Waals surface area contributed by atoms with Crippen molar-refractivity contribution in [2.75, 3.05) is 50.0 Å². The molecular formula is C31H28F5N7OS. The summed E-state index contributed by atoms with van der Waals surface area (Å²) in [4.78, 5) is 13.1. The first-order chi connectivity index (χ1) is 21.7. The fourth-order valence-corrected chi connectivity index (χ4v) is 8.06. The van der Waals surface area contributed by atoms with E-state index in [0.717, 1.165) is 68.3 Å². The number of piperazine rings is 1. The summed E-state index contributed by atoms with van der Waals surface area (Å²) in [5.74, 6) is -2.57. The van der Waals surface area contributed by atoms with E-state index >= 15 is 8.78 Å². The van der Waals surface area contributed by atoms with Crippen molar-refractivity contribution < 1.29 is 26.7 Å². The molecule has 0 spiro atoms. The summed E-state index contributed by atoms with van der Waals surface area (Å²) in [6.45, 7) is 2.92. The van der Waals surface area contributed by atoms with Gasteiger partial charge in [-0.1, -0.05) is 6.07 Å². The van der Waals surface area contributed by atoms with Crippen molar-refractivity contribution in [1.29, 1.82) is 5.26 Å². The highest BCUT2D eigenvalue weighted by molar-refractivity contribution is 7.23. The van der Waals surface area contributed by atoms with Gasteiger partial charge >= 0.3 is 6.01 Å². The van der Waals surface area contributed by atoms with Gasteiger partial charge in [0.15, 0.2) is 5.82 Å². The summed E-state index contributed by atoms with van der Waals surface area (Å²) < 4.78 is 79.9. The zero-order chi connectivity index (χ0) is 31.5. The molecule has 3 aliphatic rings. The number of nitrogens with two attached hydrogens (primary N) is 1. The smallest absolute Gasteiger partial charge is 0.319 e. The molecule has 45 heavy (non-hydrogen) atoms. The average Bonchev–Trinajstić information content (AvgIpc) is 3.69. The first-order valence-corrected chi connectivity index (χ1v) is 15.5. The predicted octanol–water partition coefficient (Wildman–Crippen LogP) is 5.95. The van der Waals surface area contributed by atoms with Crippen LogP contribution in [-0.2, 0) is 0 Å². The highest BCUT2D eigenvalue weighted by atomic mass is 32.1. The van der Waals surface area contributed by atoms with E-state index in [2.05, 4.69) is 20.2 Å². The van der Waals surface area contributed by atoms with Crippen LogP contribution in [0, 0.1) is 28.8 Å². The molecule has 2 aromatic heterocycles. The third-order valence-corrected chi connectivity index (χ3v) is 10.2. The van der Waals surface area contributed by atoms with Gasteiger partial charge in [0.05, 0.1) is 21.4 Å². The van der Waals surface area contributed by atoms with Crippen molar-refractivity contribution in [3.63, 3.8) is 0 Å². The molecule has 5 heterocycles. The largest absolute Gasteiger partial charge is 0.461 e. The van der Waals surface area contributed by atoms with Crippen LogP contribution in [0.25, 0.3) is 32.1 Å². The number of nitrogen functional groups attached to an aromatic ring is 1. The van der Waals surface area contributed by atoms with Crippen LogP contribution in [0.1, 0.15) is 31.2 Å². The Morgan fingerprint density at radius 3 is 2.67 bits per heavy atom. The van der Waals surface area contributed by atoms with Crippen molar-refractivity contribution >= 4 is 43.1 Å². The van der Waals surface area contributed by atoms with Gasteiger partial charge in [-0.3, -0.25) is 4.90 Å². The molecule has 3 fully saturated rings. The van der Waals surface area contributed by atoms with Gasteiger partial charge < -0.3 is 20.7 Å². The number of hydrogen-bond donors (Lipinski definition) is 2. The summed E-state index contributed by atoms with van der Waals surface area (Å²) in [6, 6.07) is 4.45. The predicted molar refractivity (Wildman–Crippen MR) is 162 cm³/mol. The Hall–Kier alpha value is -4.06. The lowest BCUT2D eigenvalue weighted by Crippen LogP contribution is -2.50. The monoisotopic (exact) mass is 641 g/mol. The van der Waals surface area contributed by atoms with Gasteiger partial charge in [-0.15, -0.1) is 11.3 Å². The summed E-state index contributed by atoms with van der Waals surface area (Å²) in [5, 5.41) is 12.8. The number of nitrogens with zero attached hydrogens (tertiary/aromatic N) is 5. The minimum absolute atomic E-state index is 0.00444. The number of thiophene rings is 1. The number of fused-ring (bicyclic) bond motifs is 3. The lowest BCUT2D eigenvalue weighted by atomic mass is 9.95. The molecule has 0 radical (unpaired) electrons. The van der Waals surface area contributed by atoms with Gasteiger partial charge in [-0.2, -0.15) is 24.0 Å². The molecular weight excluding hydrogens is 613 g/mol. The first kappa shape index (κ1) is 29.6. The third-order valence-electron chi connectivity index (χ3n) is 9.15. The topological polar surface area (TPSA) is 103 Å². The number of nitrogens with one attached hydrogen (secondary N) is 1. The van der Waals surface area contributed by atoms with E-state index in [1.807, 2.05) is 6.07 Å². The molecule has 0 aliphatic carbocycles. The van der Waals surface area contributed by atoms with Crippen molar-refractivity contribution in [3.05, 3.63) is 53.4 Å². The lowest BCUT2D eigenvalue weighted by molar-refractivity contribution is 0.108. The van der Waals surface area contributed by atoms with E-state index in [4.69, 9.17) is 10.5 Å². The van der Waals surface area contributed by atoms with E-state index in [9.17, 15) is 18.4 Å². The van der Waals surface area contributed by atoms with E-state index in [0.29, 0.717) is 13.1 Å². The number of anilines is 2. The first-order valence-electron chi connectivity index (χ1n) is 14.7. The van der Waals surface area contributed by atoms with Gasteiger partial charge in [0.1, 0.15) is 40.6 Å². The maximum Gasteiger partial charge on any atom is 0.319 e. The van der Waals surface area contributed by atoms with E-state index in [-0.39, 0.29) is 67.6 Å². The summed E-state index contributed by atoms with van der Waals surface area (Å²) >= 11 is 0.823. The minimum Gasteiger partial charge on any atom is -0.461 e. The van der Waals surface area contributed by atoms with Crippen LogP contribution in [0.15, 0.2) is 30.4 Å². The van der Waals surface area contributed by atoms with E-state index in [1.54, 1.807) is 4.90 Å². The Labute approximate surface area is 258 Å². The Kier molecular flexibility index (Phi) is 7.50. The number of benzene rings is 2. The maximum atomic E-state index is 16.7. The van der Waals surface area contributed by atoms with E-state index < -0.39 is 35.1 Å². The lowest BCUT2D eigenvalue weighted by Gasteiger charge is -2.34. The molecule has 234 valence electrons. The normalized spacial score (nSPS) is 19.6. The Balaban J connectivity index is 1.39. The van der Waals surface area contributed by atoms with Gasteiger partial charge in [0.2, 0.25) is 0 Å². The quantitative estimate of drug-likeness (QED) is 0.249. The highest BCUT2D eigenvalue weighted by Gasteiger charge is 2.45. The van der Waals surface area contributed by atoms with Crippen LogP contribution in [0.3, 0.4) is 0 Å². The fraction of sp³-hybridized carbons (Fsp3) is 0.387. The van der Waals surface area contributed by atoms with Crippen LogP contribution >= 0.6 is 11.3 Å². The molecule has 0 bridgehead atoms. The molecule has 1 unspecified atom stereocenters. The summed E-state index contributed by atoms with van der Waals surface area (Å²) in [6.07, 6.45) is 2.91. The molecule has 2 aromatic carbocycles. The summed E-state index contributed by atoms with van der Waals surface area (Å²) in [7, 11) is 0. The fourth-order valence-electron chi connectivity index (χ4n) is 7.12. The van der Waals surface area contributed by atoms with Gasteiger partial charge in [-0.05, 0) is 62.5 Å². The number of halogens is 5. The zero-order valence-corrected chi connectivity index (χ0v) is 24.8. The SMILES string of the molecule is N#Cc1c(N)sc2c(F)ccc(-c3c(F)cc4c(N5CCNC(C=C(F)F)C5)nc(OCC56CCCN5CCC6)nc4c3F)c12. The van der Waals surface area contributed by atoms with Crippen LogP contribution in [0.5, 0.6) is 6.01 Å². The van der Waals surface area contributed by atoms with Crippen LogP contribution in [-0.4, -0.2) is 65.8 Å². The van der Waals surface area contributed by atoms with Crippen molar-refractivity contribution in [2.24, 2.45) is 0 Å². The van der Waals surface area contributed by atoms with Crippen LogP contribution in [0.2, 0.25) is 0 Å². The molecule has 3 aliphatic heterocycles. The second kappa shape index (κ2) is 11.4. The number of hydrogen-bond acceptors (Lipinski definition) is 9. The molecule has 1 atom stereocenters. The number of ether oxygens (including phenoxy) is 1. The van der Waals surface area contributed by atoms with Gasteiger partial charge in [-0.25, -0.2) is 13.2 Å². The molecule has 4 aromatic rings. The Bertz CT molecular complexity index is 1890. The van der Waals surface area contributed by atoms with Crippen molar-refractivity contribution in [3.8, 4) is 23.2 Å². The van der Waals surface area contributed by atoms with Gasteiger partial charge in [0.25, 0.3) is 6.08 Å². The number of rotatable bonds is 6. The molecule has 3 N–H and O–H groups in total. The third kappa shape index (κ3) is 5.03. The Morgan fingerprint density at radius 2 is 1.93 bits per heavy atom. The van der Waals surface area contributed by atoms with Crippen LogP contribution in [0.4, 0.5) is 32.8 Å². The molecule has 8 nitrogen and oxygen atoms in total. The van der Waals surface area contributed by atoms with E-state index in [1.165, 1.54) is 6.07 Å². The second-order valence-corrected chi connectivity index (χ2v) is 12.7. The second-order valence-electron chi connectivity index (χ2n) is 11.7. The van der Waals surface area contributed by atoms with Crippen molar-refractivity contribution in [1.82, 2.24) is 20.2 Å². The molecule has 14 heteroatoms. The Morgan fingerprint density at radius 1 is 1.16 bits per heavy atom. The molecule has 3 saturated heterocycles. The molecule has 0 saturated carbocycles. The number of aromatic nitrogens is 2. The molecule has 0 amide bonds. The maximum absolute atomic E-state index is 16.7. The average molecular weight is 642 g/mol. The van der Waals surface area contributed by atoms with Gasteiger partial charge in [0, 0.05) is 36.4 Å². The van der Waals surface area contributed by atoms with Crippen molar-refractivity contribution in [2.45, 2.75) is 37.3 Å². The zero-order valence-electron chi connectivity index (χ0n) is 24.0. The summed E-state index contributed by atoms with van der Waals surface area (Å²) in [5.41, 5.74) is 4.93. The number of nitriles is 1. The highest BCUT2D eigenvalue weighted by Crippen LogP contribution is 2.44.